The van der Waals surface area contributed by atoms with Crippen molar-refractivity contribution in [2.45, 2.75) is 39.7 Å². The van der Waals surface area contributed by atoms with Gasteiger partial charge in [0.1, 0.15) is 0 Å². The third-order valence-electron chi connectivity index (χ3n) is 6.84. The second-order valence-corrected chi connectivity index (χ2v) is 10.0. The fourth-order valence-corrected chi connectivity index (χ4v) is 4.84. The molecule has 1 spiro atoms. The quantitative estimate of drug-likeness (QED) is 0.690. The second-order valence-electron chi connectivity index (χ2n) is 10.0. The molecule has 0 bridgehead atoms. The highest BCUT2D eigenvalue weighted by Crippen LogP contribution is 2.44. The molecule has 6 heteroatoms. The van der Waals surface area contributed by atoms with Crippen LogP contribution in [0.4, 0.5) is 4.79 Å². The van der Waals surface area contributed by atoms with Crippen molar-refractivity contribution >= 4 is 11.9 Å². The Labute approximate surface area is 180 Å². The molecule has 2 N–H and O–H groups in total. The van der Waals surface area contributed by atoms with E-state index < -0.39 is 0 Å². The number of nitrogens with zero attached hydrogens (tertiary/aromatic N) is 2. The summed E-state index contributed by atoms with van der Waals surface area (Å²) in [6.07, 6.45) is 3.46. The van der Waals surface area contributed by atoms with Gasteiger partial charge in [-0.15, -0.1) is 0 Å². The van der Waals surface area contributed by atoms with Crippen LogP contribution in [0, 0.1) is 23.2 Å². The van der Waals surface area contributed by atoms with Crippen molar-refractivity contribution in [2.75, 3.05) is 39.3 Å². The van der Waals surface area contributed by atoms with Gasteiger partial charge in [-0.25, -0.2) is 4.79 Å². The number of carbonyl (C=O) groups is 2. The van der Waals surface area contributed by atoms with Gasteiger partial charge in [0.25, 0.3) is 0 Å². The summed E-state index contributed by atoms with van der Waals surface area (Å²) in [5, 5.41) is 6.24. The Bertz CT molecular complexity index is 741. The topological polar surface area (TPSA) is 64.7 Å². The summed E-state index contributed by atoms with van der Waals surface area (Å²) in [5.74, 6) is 1.39. The van der Waals surface area contributed by atoms with Gasteiger partial charge in [-0.05, 0) is 36.7 Å². The summed E-state index contributed by atoms with van der Waals surface area (Å²) >= 11 is 0. The Morgan fingerprint density at radius 2 is 1.83 bits per heavy atom. The van der Waals surface area contributed by atoms with Crippen LogP contribution in [-0.4, -0.2) is 61.0 Å². The normalized spacial score (nSPS) is 22.9. The van der Waals surface area contributed by atoms with Crippen molar-refractivity contribution in [3.05, 3.63) is 35.9 Å². The summed E-state index contributed by atoms with van der Waals surface area (Å²) in [6.45, 7) is 9.70. The summed E-state index contributed by atoms with van der Waals surface area (Å²) < 4.78 is 0. The number of nitrogens with one attached hydrogen (secondary N) is 2. The number of amides is 3. The maximum absolute atomic E-state index is 13.1. The molecule has 2 saturated heterocycles. The van der Waals surface area contributed by atoms with Crippen LogP contribution in [0.1, 0.15) is 38.7 Å². The monoisotopic (exact) mass is 412 g/mol. The van der Waals surface area contributed by atoms with Crippen LogP contribution in [0.15, 0.2) is 30.3 Å². The van der Waals surface area contributed by atoms with E-state index in [4.69, 9.17) is 0 Å². The van der Waals surface area contributed by atoms with Gasteiger partial charge in [0.2, 0.25) is 5.91 Å². The summed E-state index contributed by atoms with van der Waals surface area (Å²) in [6, 6.07) is 10.5. The third-order valence-corrected chi connectivity index (χ3v) is 6.84. The molecule has 1 atom stereocenters. The minimum atomic E-state index is -0.113. The van der Waals surface area contributed by atoms with Crippen molar-refractivity contribution in [3.63, 3.8) is 0 Å². The van der Waals surface area contributed by atoms with Gasteiger partial charge in [0.15, 0.2) is 0 Å². The van der Waals surface area contributed by atoms with E-state index in [0.717, 1.165) is 32.6 Å². The van der Waals surface area contributed by atoms with E-state index >= 15 is 0 Å². The van der Waals surface area contributed by atoms with Crippen molar-refractivity contribution in [2.24, 2.45) is 23.2 Å². The first-order chi connectivity index (χ1) is 14.4. The van der Waals surface area contributed by atoms with E-state index in [0.29, 0.717) is 31.5 Å². The van der Waals surface area contributed by atoms with Gasteiger partial charge in [0.05, 0.1) is 5.92 Å². The fraction of sp³-hybridized carbons (Fsp3) is 0.667. The van der Waals surface area contributed by atoms with Gasteiger partial charge >= 0.3 is 6.03 Å². The number of hydrogen-bond acceptors (Lipinski definition) is 3. The zero-order valence-corrected chi connectivity index (χ0v) is 18.4. The average molecular weight is 413 g/mol. The molecule has 3 aliphatic rings. The third kappa shape index (κ3) is 4.97. The molecule has 1 aromatic carbocycles. The standard InChI is InChI=1S/C24H36N4O2/c1-18(2)10-11-25-23(30)28-16-24(17-28)15-27(13-20-6-4-3-5-7-20)14-21(24)22(29)26-12-19-8-9-19/h3-7,18-19,21H,8-17H2,1-2H3,(H,25,30)(H,26,29). The molecule has 0 radical (unpaired) electrons. The van der Waals surface area contributed by atoms with Crippen molar-refractivity contribution < 1.29 is 9.59 Å². The molecule has 1 aromatic rings. The molecule has 1 unspecified atom stereocenters. The lowest BCUT2D eigenvalue weighted by atomic mass is 9.71. The molecule has 3 fully saturated rings. The molecule has 2 heterocycles. The van der Waals surface area contributed by atoms with Gasteiger partial charge in [-0.3, -0.25) is 9.69 Å². The molecule has 2 aliphatic heterocycles. The maximum Gasteiger partial charge on any atom is 0.317 e. The van der Waals surface area contributed by atoms with E-state index in [1.807, 2.05) is 11.0 Å². The molecule has 4 rings (SSSR count). The van der Waals surface area contributed by atoms with Crippen molar-refractivity contribution in [1.29, 1.82) is 0 Å². The zero-order chi connectivity index (χ0) is 21.1. The Morgan fingerprint density at radius 3 is 2.50 bits per heavy atom. The molecule has 30 heavy (non-hydrogen) atoms. The number of benzene rings is 1. The molecular formula is C24H36N4O2. The number of rotatable bonds is 8. The second kappa shape index (κ2) is 8.96. The molecule has 1 aliphatic carbocycles. The first-order valence-electron chi connectivity index (χ1n) is 11.5. The predicted octanol–water partition coefficient (Wildman–Crippen LogP) is 2.70. The van der Waals surface area contributed by atoms with Crippen LogP contribution < -0.4 is 10.6 Å². The molecular weight excluding hydrogens is 376 g/mol. The SMILES string of the molecule is CC(C)CCNC(=O)N1CC2(CN(Cc3ccccc3)CC2C(=O)NCC2CC2)C1. The zero-order valence-electron chi connectivity index (χ0n) is 18.4. The minimum Gasteiger partial charge on any atom is -0.356 e. The first kappa shape index (κ1) is 21.2. The average Bonchev–Trinajstić information content (AvgIpc) is 3.44. The van der Waals surface area contributed by atoms with E-state index in [-0.39, 0.29) is 23.3 Å². The highest BCUT2D eigenvalue weighted by Gasteiger charge is 2.57. The summed E-state index contributed by atoms with van der Waals surface area (Å²) in [4.78, 5) is 29.8. The Kier molecular flexibility index (Phi) is 6.32. The van der Waals surface area contributed by atoms with Crippen LogP contribution in [-0.2, 0) is 11.3 Å². The van der Waals surface area contributed by atoms with Gasteiger partial charge < -0.3 is 15.5 Å². The van der Waals surface area contributed by atoms with Crippen molar-refractivity contribution in [3.8, 4) is 0 Å². The number of carbonyl (C=O) groups excluding carboxylic acids is 2. The minimum absolute atomic E-state index is 0.0138. The fourth-order valence-electron chi connectivity index (χ4n) is 4.84. The number of urea groups is 1. The van der Waals surface area contributed by atoms with Crippen LogP contribution >= 0.6 is 0 Å². The van der Waals surface area contributed by atoms with Gasteiger partial charge in [0, 0.05) is 51.2 Å². The van der Waals surface area contributed by atoms with Gasteiger partial charge in [-0.1, -0.05) is 44.2 Å². The highest BCUT2D eigenvalue weighted by molar-refractivity contribution is 5.82. The van der Waals surface area contributed by atoms with Crippen molar-refractivity contribution in [1.82, 2.24) is 20.4 Å². The van der Waals surface area contributed by atoms with E-state index in [1.54, 1.807) is 0 Å². The lowest BCUT2D eigenvalue weighted by Gasteiger charge is -2.50. The maximum atomic E-state index is 13.1. The van der Waals surface area contributed by atoms with E-state index in [2.05, 4.69) is 53.6 Å². The molecule has 6 nitrogen and oxygen atoms in total. The van der Waals surface area contributed by atoms with E-state index in [9.17, 15) is 9.59 Å². The van der Waals surface area contributed by atoms with E-state index in [1.165, 1.54) is 18.4 Å². The molecule has 3 amide bonds. The lowest BCUT2D eigenvalue weighted by Crippen LogP contribution is -2.65. The van der Waals surface area contributed by atoms with Crippen LogP contribution in [0.3, 0.4) is 0 Å². The van der Waals surface area contributed by atoms with Crippen LogP contribution in [0.2, 0.25) is 0 Å². The number of likely N-dealkylation sites (tertiary alicyclic amines) is 2. The smallest absolute Gasteiger partial charge is 0.317 e. The Morgan fingerprint density at radius 1 is 1.10 bits per heavy atom. The Balaban J connectivity index is 1.37. The summed E-state index contributed by atoms with van der Waals surface area (Å²) in [5.41, 5.74) is 1.16. The van der Waals surface area contributed by atoms with Gasteiger partial charge in [-0.2, -0.15) is 0 Å². The molecule has 0 aromatic heterocycles. The predicted molar refractivity (Wildman–Crippen MR) is 118 cm³/mol. The van der Waals surface area contributed by atoms with Crippen LogP contribution in [0.25, 0.3) is 0 Å². The lowest BCUT2D eigenvalue weighted by molar-refractivity contribution is -0.131. The highest BCUT2D eigenvalue weighted by atomic mass is 16.2. The molecule has 164 valence electrons. The number of hydrogen-bond donors (Lipinski definition) is 2. The largest absolute Gasteiger partial charge is 0.356 e. The summed E-state index contributed by atoms with van der Waals surface area (Å²) in [7, 11) is 0. The Hall–Kier alpha value is -2.08. The first-order valence-corrected chi connectivity index (χ1v) is 11.5. The van der Waals surface area contributed by atoms with Crippen LogP contribution in [0.5, 0.6) is 0 Å². The molecule has 1 saturated carbocycles.